The summed E-state index contributed by atoms with van der Waals surface area (Å²) in [4.78, 5) is 35.2. The molecule has 0 rings (SSSR count). The molecule has 10 heteroatoms. The fraction of sp³-hybridized carbons (Fsp3) is 0.854. The Labute approximate surface area is 313 Å². The lowest BCUT2D eigenvalue weighted by Gasteiger charge is -2.24. The maximum atomic E-state index is 12.6. The Morgan fingerprint density at radius 1 is 0.608 bits per heavy atom. The second-order valence-corrected chi connectivity index (χ2v) is 16.5. The molecule has 0 heterocycles. The third-order valence-electron chi connectivity index (χ3n) is 8.73. The molecule has 0 aromatic carbocycles. The molecule has 0 aliphatic carbocycles. The van der Waals surface area contributed by atoms with Gasteiger partial charge in [0, 0.05) is 12.8 Å². The van der Waals surface area contributed by atoms with Gasteiger partial charge in [0.25, 0.3) is 0 Å². The van der Waals surface area contributed by atoms with Crippen LogP contribution < -0.4 is 0 Å². The van der Waals surface area contributed by atoms with Gasteiger partial charge in [-0.2, -0.15) is 0 Å². The van der Waals surface area contributed by atoms with Crippen molar-refractivity contribution in [3.05, 3.63) is 24.3 Å². The van der Waals surface area contributed by atoms with Crippen LogP contribution >= 0.6 is 7.82 Å². The molecule has 0 bridgehead atoms. The van der Waals surface area contributed by atoms with E-state index in [0.29, 0.717) is 23.9 Å². The number of esters is 2. The van der Waals surface area contributed by atoms with Gasteiger partial charge in [0.15, 0.2) is 6.10 Å². The maximum absolute atomic E-state index is 12.6. The molecular formula is C41H79NO8P+. The molecule has 1 N–H and O–H groups in total. The number of phosphoric ester groups is 1. The minimum absolute atomic E-state index is 0.0286. The largest absolute Gasteiger partial charge is 0.472 e. The molecule has 0 saturated carbocycles. The van der Waals surface area contributed by atoms with E-state index in [-0.39, 0.29) is 26.1 Å². The zero-order valence-corrected chi connectivity index (χ0v) is 34.5. The van der Waals surface area contributed by atoms with E-state index in [1.807, 2.05) is 21.1 Å². The first-order valence-corrected chi connectivity index (χ1v) is 22.1. The van der Waals surface area contributed by atoms with Crippen molar-refractivity contribution in [2.75, 3.05) is 47.5 Å². The van der Waals surface area contributed by atoms with E-state index in [1.54, 1.807) is 0 Å². The van der Waals surface area contributed by atoms with Crippen molar-refractivity contribution in [2.24, 2.45) is 0 Å². The van der Waals surface area contributed by atoms with Crippen molar-refractivity contribution in [3.8, 4) is 0 Å². The Kier molecular flexibility index (Phi) is 33.3. The predicted octanol–water partition coefficient (Wildman–Crippen LogP) is 11.2. The van der Waals surface area contributed by atoms with Gasteiger partial charge in [-0.05, 0) is 44.9 Å². The van der Waals surface area contributed by atoms with Crippen molar-refractivity contribution in [3.63, 3.8) is 0 Å². The minimum Gasteiger partial charge on any atom is -0.462 e. The number of unbranched alkanes of at least 4 members (excludes halogenated alkanes) is 19. The third-order valence-corrected chi connectivity index (χ3v) is 9.72. The average Bonchev–Trinajstić information content (AvgIpc) is 3.07. The van der Waals surface area contributed by atoms with Crippen LogP contribution in [0.1, 0.15) is 174 Å². The van der Waals surface area contributed by atoms with Gasteiger partial charge in [0.2, 0.25) is 0 Å². The highest BCUT2D eigenvalue weighted by molar-refractivity contribution is 7.47. The molecule has 0 saturated heterocycles. The van der Waals surface area contributed by atoms with E-state index < -0.39 is 32.5 Å². The van der Waals surface area contributed by atoms with Gasteiger partial charge in [-0.3, -0.25) is 18.6 Å². The number of carbonyl (C=O) groups is 2. The predicted molar refractivity (Wildman–Crippen MR) is 211 cm³/mol. The van der Waals surface area contributed by atoms with Crippen molar-refractivity contribution in [1.29, 1.82) is 0 Å². The Balaban J connectivity index is 4.44. The molecule has 0 fully saturated rings. The molecule has 300 valence electrons. The smallest absolute Gasteiger partial charge is 0.462 e. The van der Waals surface area contributed by atoms with Gasteiger partial charge in [-0.25, -0.2) is 4.57 Å². The molecule has 0 aromatic heterocycles. The van der Waals surface area contributed by atoms with E-state index in [0.717, 1.165) is 38.5 Å². The lowest BCUT2D eigenvalue weighted by atomic mass is 10.0. The number of ether oxygens (including phenoxy) is 2. The van der Waals surface area contributed by atoms with Crippen LogP contribution in [0.2, 0.25) is 0 Å². The zero-order chi connectivity index (χ0) is 37.9. The molecule has 0 aliphatic heterocycles. The molecule has 0 amide bonds. The Morgan fingerprint density at radius 2 is 1.06 bits per heavy atom. The van der Waals surface area contributed by atoms with E-state index in [2.05, 4.69) is 38.2 Å². The summed E-state index contributed by atoms with van der Waals surface area (Å²) < 4.78 is 34.2. The minimum atomic E-state index is -4.37. The van der Waals surface area contributed by atoms with Gasteiger partial charge < -0.3 is 18.9 Å². The number of hydrogen-bond donors (Lipinski definition) is 1. The fourth-order valence-electron chi connectivity index (χ4n) is 5.45. The summed E-state index contributed by atoms with van der Waals surface area (Å²) in [5.41, 5.74) is 0. The van der Waals surface area contributed by atoms with E-state index in [9.17, 15) is 19.0 Å². The van der Waals surface area contributed by atoms with Crippen LogP contribution in [0, 0.1) is 0 Å². The highest BCUT2D eigenvalue weighted by atomic mass is 31.2. The van der Waals surface area contributed by atoms with Crippen LogP contribution in [-0.4, -0.2) is 74.9 Å². The normalized spacial score (nSPS) is 13.9. The molecule has 0 radical (unpaired) electrons. The number of allylic oxidation sites excluding steroid dienone is 4. The number of carbonyl (C=O) groups excluding carboxylic acids is 2. The Hall–Kier alpha value is -1.51. The zero-order valence-electron chi connectivity index (χ0n) is 33.6. The molecule has 0 aliphatic rings. The van der Waals surface area contributed by atoms with E-state index in [1.165, 1.54) is 96.3 Å². The number of quaternary nitrogens is 1. The maximum Gasteiger partial charge on any atom is 0.472 e. The molecule has 9 nitrogen and oxygen atoms in total. The van der Waals surface area contributed by atoms with Crippen molar-refractivity contribution in [2.45, 2.75) is 180 Å². The van der Waals surface area contributed by atoms with Crippen molar-refractivity contribution >= 4 is 19.8 Å². The lowest BCUT2D eigenvalue weighted by Crippen LogP contribution is -2.37. The second kappa shape index (κ2) is 34.3. The summed E-state index contributed by atoms with van der Waals surface area (Å²) in [5, 5.41) is 0. The fourth-order valence-corrected chi connectivity index (χ4v) is 6.20. The Morgan fingerprint density at radius 3 is 1.59 bits per heavy atom. The number of likely N-dealkylation sites (N-methyl/N-ethyl adjacent to an activating group) is 1. The van der Waals surface area contributed by atoms with Crippen LogP contribution in [-0.2, 0) is 32.7 Å². The monoisotopic (exact) mass is 745 g/mol. The molecule has 0 aromatic rings. The summed E-state index contributed by atoms with van der Waals surface area (Å²) in [6.45, 7) is 4.37. The summed E-state index contributed by atoms with van der Waals surface area (Å²) in [6, 6.07) is 0. The van der Waals surface area contributed by atoms with Crippen LogP contribution in [0.3, 0.4) is 0 Å². The molecule has 0 spiro atoms. The average molecular weight is 745 g/mol. The van der Waals surface area contributed by atoms with E-state index >= 15 is 0 Å². The number of hydrogen-bond acceptors (Lipinski definition) is 7. The van der Waals surface area contributed by atoms with Crippen LogP contribution in [0.25, 0.3) is 0 Å². The highest BCUT2D eigenvalue weighted by Crippen LogP contribution is 2.43. The van der Waals surface area contributed by atoms with Gasteiger partial charge in [-0.15, -0.1) is 0 Å². The SMILES string of the molecule is CCCCCCCC/C=C/C/C=C/CCCCC(=O)OC[C@H](COP(=O)(O)OCC[N+](C)(C)C)OC(=O)CCCCCCCCCCCCCC. The topological polar surface area (TPSA) is 108 Å². The second-order valence-electron chi connectivity index (χ2n) is 15.0. The van der Waals surface area contributed by atoms with Gasteiger partial charge in [0.05, 0.1) is 27.7 Å². The van der Waals surface area contributed by atoms with Crippen molar-refractivity contribution in [1.82, 2.24) is 0 Å². The summed E-state index contributed by atoms with van der Waals surface area (Å²) in [6.07, 6.45) is 35.1. The molecule has 1 unspecified atom stereocenters. The Bertz CT molecular complexity index is 933. The highest BCUT2D eigenvalue weighted by Gasteiger charge is 2.27. The standard InChI is InChI=1S/C41H78NO8P/c1-6-8-10-12-14-16-18-20-21-22-24-25-27-29-31-33-40(43)47-37-39(38-49-51(45,46)48-36-35-42(3,4)5)50-41(44)34-32-30-28-26-23-19-17-15-13-11-9-7-2/h20-21,24-25,39H,6-19,22-23,26-38H2,1-5H3/p+1/b21-20+,25-24+/t39-/m1/s1. The van der Waals surface area contributed by atoms with Crippen LogP contribution in [0.4, 0.5) is 0 Å². The van der Waals surface area contributed by atoms with Crippen LogP contribution in [0.15, 0.2) is 24.3 Å². The first kappa shape index (κ1) is 49.5. The number of rotatable bonds is 37. The van der Waals surface area contributed by atoms with Crippen LogP contribution in [0.5, 0.6) is 0 Å². The summed E-state index contributed by atoms with van der Waals surface area (Å²) >= 11 is 0. The first-order chi connectivity index (χ1) is 24.5. The number of phosphoric acid groups is 1. The third kappa shape index (κ3) is 38.0. The molecule has 51 heavy (non-hydrogen) atoms. The molecular weight excluding hydrogens is 665 g/mol. The van der Waals surface area contributed by atoms with Gasteiger partial charge in [0.1, 0.15) is 19.8 Å². The van der Waals surface area contributed by atoms with E-state index in [4.69, 9.17) is 18.5 Å². The van der Waals surface area contributed by atoms with Crippen molar-refractivity contribution < 1.29 is 42.1 Å². The molecule has 2 atom stereocenters. The van der Waals surface area contributed by atoms with Gasteiger partial charge in [-0.1, -0.05) is 141 Å². The lowest BCUT2D eigenvalue weighted by molar-refractivity contribution is -0.870. The summed E-state index contributed by atoms with van der Waals surface area (Å²) in [7, 11) is 1.46. The summed E-state index contributed by atoms with van der Waals surface area (Å²) in [5.74, 6) is -0.834. The van der Waals surface area contributed by atoms with Gasteiger partial charge >= 0.3 is 19.8 Å². The first-order valence-electron chi connectivity index (χ1n) is 20.6. The number of nitrogens with zero attached hydrogens (tertiary/aromatic N) is 1. The quantitative estimate of drug-likeness (QED) is 0.0220.